The lowest BCUT2D eigenvalue weighted by Crippen LogP contribution is -2.42. The van der Waals surface area contributed by atoms with Crippen LogP contribution in [0.15, 0.2) is 54.6 Å². The third-order valence-corrected chi connectivity index (χ3v) is 4.44. The number of likely N-dealkylation sites (N-methyl/N-ethyl adjacent to an activating group) is 1. The van der Waals surface area contributed by atoms with Gasteiger partial charge in [0.05, 0.1) is 0 Å². The van der Waals surface area contributed by atoms with E-state index in [1.165, 1.54) is 12.5 Å². The second-order valence-electron chi connectivity index (χ2n) is 6.43. The number of amides is 1. The number of rotatable bonds is 4. The van der Waals surface area contributed by atoms with E-state index >= 15 is 0 Å². The number of anilines is 1. The van der Waals surface area contributed by atoms with Crippen molar-refractivity contribution in [2.24, 2.45) is 0 Å². The zero-order valence-electron chi connectivity index (χ0n) is 14.2. The Bertz CT molecular complexity index is 670. The molecule has 0 aromatic heterocycles. The molecule has 1 fully saturated rings. The summed E-state index contributed by atoms with van der Waals surface area (Å²) in [4.78, 5) is 13.5. The van der Waals surface area contributed by atoms with Gasteiger partial charge in [-0.3, -0.25) is 4.79 Å². The van der Waals surface area contributed by atoms with Gasteiger partial charge in [0.1, 0.15) is 11.9 Å². The monoisotopic (exact) mass is 324 g/mol. The van der Waals surface area contributed by atoms with Crippen molar-refractivity contribution in [2.45, 2.75) is 25.4 Å². The van der Waals surface area contributed by atoms with E-state index < -0.39 is 0 Å². The highest BCUT2D eigenvalue weighted by Gasteiger charge is 2.30. The van der Waals surface area contributed by atoms with Crippen molar-refractivity contribution in [3.05, 3.63) is 60.2 Å². The largest absolute Gasteiger partial charge is 0.490 e. The smallest absolute Gasteiger partial charge is 0.221 e. The van der Waals surface area contributed by atoms with Gasteiger partial charge >= 0.3 is 0 Å². The van der Waals surface area contributed by atoms with Crippen LogP contribution in [0.25, 0.3) is 0 Å². The fourth-order valence-electron chi connectivity index (χ4n) is 3.25. The first kappa shape index (κ1) is 16.5. The second kappa shape index (κ2) is 7.49. The van der Waals surface area contributed by atoms with Crippen LogP contribution in [0.3, 0.4) is 0 Å². The summed E-state index contributed by atoms with van der Waals surface area (Å²) in [6, 6.07) is 18.2. The van der Waals surface area contributed by atoms with Gasteiger partial charge in [0, 0.05) is 31.6 Å². The molecule has 126 valence electrons. The molecule has 4 nitrogen and oxygen atoms in total. The molecule has 1 aliphatic heterocycles. The summed E-state index contributed by atoms with van der Waals surface area (Å²) in [7, 11) is 2.16. The summed E-state index contributed by atoms with van der Waals surface area (Å²) in [6.45, 7) is 3.55. The molecule has 3 rings (SSSR count). The van der Waals surface area contributed by atoms with Crippen LogP contribution in [0.5, 0.6) is 5.75 Å². The van der Waals surface area contributed by atoms with Gasteiger partial charge in [0.25, 0.3) is 0 Å². The molecule has 1 aliphatic rings. The van der Waals surface area contributed by atoms with Crippen molar-refractivity contribution in [3.8, 4) is 5.75 Å². The minimum atomic E-state index is -0.0665. The SMILES string of the molecule is CC(=O)Nc1ccc(O[C@@H]2CCN(C)C[C@H]2c2ccccc2)cc1. The Balaban J connectivity index is 1.73. The van der Waals surface area contributed by atoms with Gasteiger partial charge in [0.2, 0.25) is 5.91 Å². The molecular weight excluding hydrogens is 300 g/mol. The molecule has 0 spiro atoms. The number of ether oxygens (including phenoxy) is 1. The number of nitrogens with zero attached hydrogens (tertiary/aromatic N) is 1. The number of carbonyl (C=O) groups is 1. The van der Waals surface area contributed by atoms with Crippen LogP contribution in [0.1, 0.15) is 24.8 Å². The summed E-state index contributed by atoms with van der Waals surface area (Å²) >= 11 is 0. The zero-order chi connectivity index (χ0) is 16.9. The topological polar surface area (TPSA) is 41.6 Å². The van der Waals surface area contributed by atoms with Crippen molar-refractivity contribution < 1.29 is 9.53 Å². The summed E-state index contributed by atoms with van der Waals surface area (Å²) in [5.74, 6) is 1.14. The molecular formula is C20H24N2O2. The molecule has 4 heteroatoms. The first-order chi connectivity index (χ1) is 11.6. The summed E-state index contributed by atoms with van der Waals surface area (Å²) in [5.41, 5.74) is 2.11. The number of likely N-dealkylation sites (tertiary alicyclic amines) is 1. The first-order valence-corrected chi connectivity index (χ1v) is 8.39. The molecule has 1 amide bonds. The number of benzene rings is 2. The molecule has 0 saturated carbocycles. The fraction of sp³-hybridized carbons (Fsp3) is 0.350. The number of hydrogen-bond donors (Lipinski definition) is 1. The van der Waals surface area contributed by atoms with Gasteiger partial charge in [-0.1, -0.05) is 30.3 Å². The van der Waals surface area contributed by atoms with Crippen molar-refractivity contribution >= 4 is 11.6 Å². The van der Waals surface area contributed by atoms with E-state index in [0.717, 1.165) is 30.9 Å². The third-order valence-electron chi connectivity index (χ3n) is 4.44. The molecule has 2 atom stereocenters. The molecule has 24 heavy (non-hydrogen) atoms. The molecule has 0 bridgehead atoms. The van der Waals surface area contributed by atoms with Gasteiger partial charge in [-0.15, -0.1) is 0 Å². The third kappa shape index (κ3) is 4.15. The fourth-order valence-corrected chi connectivity index (χ4v) is 3.25. The maximum absolute atomic E-state index is 11.1. The Hall–Kier alpha value is -2.33. The minimum Gasteiger partial charge on any atom is -0.490 e. The van der Waals surface area contributed by atoms with Crippen LogP contribution in [-0.4, -0.2) is 37.0 Å². The van der Waals surface area contributed by atoms with Gasteiger partial charge in [-0.25, -0.2) is 0 Å². The predicted molar refractivity (Wildman–Crippen MR) is 96.5 cm³/mol. The van der Waals surface area contributed by atoms with E-state index in [2.05, 4.69) is 41.5 Å². The minimum absolute atomic E-state index is 0.0665. The molecule has 2 aromatic carbocycles. The van der Waals surface area contributed by atoms with E-state index in [1.807, 2.05) is 30.3 Å². The van der Waals surface area contributed by atoms with E-state index in [-0.39, 0.29) is 12.0 Å². The number of carbonyl (C=O) groups excluding carboxylic acids is 1. The van der Waals surface area contributed by atoms with E-state index in [9.17, 15) is 4.79 Å². The Kier molecular flexibility index (Phi) is 5.16. The van der Waals surface area contributed by atoms with Crippen LogP contribution >= 0.6 is 0 Å². The average Bonchev–Trinajstić information content (AvgIpc) is 2.58. The average molecular weight is 324 g/mol. The molecule has 1 N–H and O–H groups in total. The van der Waals surface area contributed by atoms with Gasteiger partial charge < -0.3 is 15.0 Å². The molecule has 1 saturated heterocycles. The number of hydrogen-bond acceptors (Lipinski definition) is 3. The molecule has 0 aliphatic carbocycles. The molecule has 0 unspecified atom stereocenters. The maximum atomic E-state index is 11.1. The van der Waals surface area contributed by atoms with Crippen LogP contribution in [0, 0.1) is 0 Å². The first-order valence-electron chi connectivity index (χ1n) is 8.39. The van der Waals surface area contributed by atoms with Crippen LogP contribution < -0.4 is 10.1 Å². The highest BCUT2D eigenvalue weighted by atomic mass is 16.5. The van der Waals surface area contributed by atoms with E-state index in [0.29, 0.717) is 5.92 Å². The molecule has 2 aromatic rings. The lowest BCUT2D eigenvalue weighted by Gasteiger charge is -2.37. The second-order valence-corrected chi connectivity index (χ2v) is 6.43. The van der Waals surface area contributed by atoms with Gasteiger partial charge in [-0.2, -0.15) is 0 Å². The maximum Gasteiger partial charge on any atom is 0.221 e. The standard InChI is InChI=1S/C20H24N2O2/c1-15(23)21-17-8-10-18(11-9-17)24-20-12-13-22(2)14-19(20)16-6-4-3-5-7-16/h3-11,19-20H,12-14H2,1-2H3,(H,21,23)/t19-,20+/m0/s1. The Morgan fingerprint density at radius 2 is 1.83 bits per heavy atom. The summed E-state index contributed by atoms with van der Waals surface area (Å²) in [5, 5.41) is 2.77. The molecule has 1 heterocycles. The van der Waals surface area contributed by atoms with Crippen LogP contribution in [0.2, 0.25) is 0 Å². The summed E-state index contributed by atoms with van der Waals surface area (Å²) in [6.07, 6.45) is 1.17. The van der Waals surface area contributed by atoms with Crippen molar-refractivity contribution in [1.29, 1.82) is 0 Å². The predicted octanol–water partition coefficient (Wildman–Crippen LogP) is 3.51. The summed E-state index contributed by atoms with van der Waals surface area (Å²) < 4.78 is 6.29. The lowest BCUT2D eigenvalue weighted by molar-refractivity contribution is -0.114. The van der Waals surface area contributed by atoms with Crippen LogP contribution in [-0.2, 0) is 4.79 Å². The van der Waals surface area contributed by atoms with Gasteiger partial charge in [-0.05, 0) is 43.3 Å². The van der Waals surface area contributed by atoms with Crippen molar-refractivity contribution in [3.63, 3.8) is 0 Å². The highest BCUT2D eigenvalue weighted by molar-refractivity contribution is 5.88. The Morgan fingerprint density at radius 1 is 1.12 bits per heavy atom. The normalized spacial score (nSPS) is 21.2. The lowest BCUT2D eigenvalue weighted by atomic mass is 9.88. The van der Waals surface area contributed by atoms with E-state index in [1.54, 1.807) is 0 Å². The van der Waals surface area contributed by atoms with Gasteiger partial charge in [0.15, 0.2) is 0 Å². The Labute approximate surface area is 143 Å². The van der Waals surface area contributed by atoms with Crippen molar-refractivity contribution in [2.75, 3.05) is 25.5 Å². The number of piperidine rings is 1. The van der Waals surface area contributed by atoms with E-state index in [4.69, 9.17) is 4.74 Å². The zero-order valence-corrected chi connectivity index (χ0v) is 14.2. The van der Waals surface area contributed by atoms with Crippen LogP contribution in [0.4, 0.5) is 5.69 Å². The quantitative estimate of drug-likeness (QED) is 0.936. The molecule has 0 radical (unpaired) electrons. The number of nitrogens with one attached hydrogen (secondary N) is 1. The highest BCUT2D eigenvalue weighted by Crippen LogP contribution is 2.30. The van der Waals surface area contributed by atoms with Crippen molar-refractivity contribution in [1.82, 2.24) is 4.90 Å². The Morgan fingerprint density at radius 3 is 2.50 bits per heavy atom.